The number of ether oxygens (including phenoxy) is 2. The molecule has 0 N–H and O–H groups in total. The second-order valence-corrected chi connectivity index (χ2v) is 4.90. The van der Waals surface area contributed by atoms with Gasteiger partial charge in [-0.05, 0) is 32.1 Å². The second-order valence-electron chi connectivity index (χ2n) is 4.90. The summed E-state index contributed by atoms with van der Waals surface area (Å²) in [5.41, 5.74) is 0. The molecule has 0 amide bonds. The maximum Gasteiger partial charge on any atom is 0.308 e. The first-order chi connectivity index (χ1) is 8.69. The van der Waals surface area contributed by atoms with Gasteiger partial charge in [0.25, 0.3) is 0 Å². The van der Waals surface area contributed by atoms with Gasteiger partial charge in [-0.2, -0.15) is 0 Å². The van der Waals surface area contributed by atoms with E-state index < -0.39 is 0 Å². The molecule has 0 aromatic carbocycles. The fourth-order valence-electron chi connectivity index (χ4n) is 2.26. The molecule has 0 heterocycles. The molecule has 2 atom stereocenters. The van der Waals surface area contributed by atoms with Gasteiger partial charge in [-0.3, -0.25) is 9.59 Å². The predicted molar refractivity (Wildman–Crippen MR) is 67.9 cm³/mol. The Labute approximate surface area is 109 Å². The zero-order chi connectivity index (χ0) is 13.4. The summed E-state index contributed by atoms with van der Waals surface area (Å²) in [5.74, 6) is -0.538. The van der Waals surface area contributed by atoms with Crippen LogP contribution in [0.15, 0.2) is 0 Å². The molecule has 1 aliphatic rings. The number of carbonyl (C=O) groups is 2. The van der Waals surface area contributed by atoms with E-state index in [1.807, 2.05) is 13.8 Å². The highest BCUT2D eigenvalue weighted by Crippen LogP contribution is 2.30. The van der Waals surface area contributed by atoms with E-state index in [2.05, 4.69) is 0 Å². The Kier molecular flexibility index (Phi) is 6.76. The molecule has 1 fully saturated rings. The van der Waals surface area contributed by atoms with E-state index >= 15 is 0 Å². The lowest BCUT2D eigenvalue weighted by Crippen LogP contribution is -2.30. The highest BCUT2D eigenvalue weighted by atomic mass is 16.5. The van der Waals surface area contributed by atoms with Gasteiger partial charge in [0.2, 0.25) is 0 Å². The minimum atomic E-state index is -0.148. The van der Waals surface area contributed by atoms with Crippen LogP contribution in [0.4, 0.5) is 0 Å². The lowest BCUT2D eigenvalue weighted by molar-refractivity contribution is -0.155. The molecule has 4 nitrogen and oxygen atoms in total. The Morgan fingerprint density at radius 3 is 1.78 bits per heavy atom. The molecule has 0 spiro atoms. The summed E-state index contributed by atoms with van der Waals surface area (Å²) in [4.78, 5) is 23.5. The van der Waals surface area contributed by atoms with Gasteiger partial charge in [-0.15, -0.1) is 0 Å². The summed E-state index contributed by atoms with van der Waals surface area (Å²) in [7, 11) is 0. The minimum Gasteiger partial charge on any atom is -0.465 e. The predicted octanol–water partition coefficient (Wildman–Crippen LogP) is 2.70. The Morgan fingerprint density at radius 1 is 0.944 bits per heavy atom. The molecule has 0 aliphatic heterocycles. The van der Waals surface area contributed by atoms with Crippen molar-refractivity contribution in [3.8, 4) is 0 Å². The van der Waals surface area contributed by atoms with Crippen molar-refractivity contribution in [1.29, 1.82) is 0 Å². The van der Waals surface area contributed by atoms with Gasteiger partial charge < -0.3 is 9.47 Å². The van der Waals surface area contributed by atoms with Crippen LogP contribution >= 0.6 is 0 Å². The van der Waals surface area contributed by atoms with Crippen LogP contribution in [0.3, 0.4) is 0 Å². The first-order valence-corrected chi connectivity index (χ1v) is 7.02. The third kappa shape index (κ3) is 4.67. The van der Waals surface area contributed by atoms with E-state index in [0.29, 0.717) is 19.6 Å². The summed E-state index contributed by atoms with van der Waals surface area (Å²) in [6.45, 7) is 4.89. The molecule has 1 rings (SSSR count). The van der Waals surface area contributed by atoms with E-state index in [1.165, 1.54) is 0 Å². The van der Waals surface area contributed by atoms with E-state index in [0.717, 1.165) is 32.1 Å². The molecule has 0 radical (unpaired) electrons. The topological polar surface area (TPSA) is 52.6 Å². The molecule has 0 aromatic rings. The van der Waals surface area contributed by atoms with E-state index in [4.69, 9.17) is 9.47 Å². The average Bonchev–Trinajstić information content (AvgIpc) is 2.42. The van der Waals surface area contributed by atoms with Crippen LogP contribution in [-0.4, -0.2) is 25.2 Å². The van der Waals surface area contributed by atoms with Crippen molar-refractivity contribution in [3.63, 3.8) is 0 Å². The third-order valence-corrected chi connectivity index (χ3v) is 3.24. The van der Waals surface area contributed by atoms with Gasteiger partial charge in [0.05, 0.1) is 25.0 Å². The Balaban J connectivity index is 2.40. The molecule has 2 unspecified atom stereocenters. The fourth-order valence-corrected chi connectivity index (χ4v) is 2.26. The number of hydrogen-bond acceptors (Lipinski definition) is 4. The Morgan fingerprint density at radius 2 is 1.39 bits per heavy atom. The maximum atomic E-state index is 11.8. The van der Waals surface area contributed by atoms with Gasteiger partial charge in [0.15, 0.2) is 0 Å². The van der Waals surface area contributed by atoms with Crippen LogP contribution in [-0.2, 0) is 19.1 Å². The van der Waals surface area contributed by atoms with Crippen LogP contribution in [0, 0.1) is 11.8 Å². The second kappa shape index (κ2) is 8.11. The van der Waals surface area contributed by atoms with Crippen molar-refractivity contribution in [2.24, 2.45) is 11.8 Å². The summed E-state index contributed by atoms with van der Waals surface area (Å²) in [5, 5.41) is 0. The van der Waals surface area contributed by atoms with Crippen molar-refractivity contribution in [2.75, 3.05) is 13.2 Å². The zero-order valence-corrected chi connectivity index (χ0v) is 11.4. The van der Waals surface area contributed by atoms with Gasteiger partial charge in [-0.25, -0.2) is 0 Å². The summed E-state index contributed by atoms with van der Waals surface area (Å²) >= 11 is 0. The fraction of sp³-hybridized carbons (Fsp3) is 0.857. The molecule has 1 saturated carbocycles. The van der Waals surface area contributed by atoms with Crippen molar-refractivity contribution in [2.45, 2.75) is 52.4 Å². The largest absolute Gasteiger partial charge is 0.465 e. The molecule has 4 heteroatoms. The number of esters is 2. The van der Waals surface area contributed by atoms with Crippen molar-refractivity contribution in [3.05, 3.63) is 0 Å². The third-order valence-electron chi connectivity index (χ3n) is 3.24. The number of hydrogen-bond donors (Lipinski definition) is 0. The van der Waals surface area contributed by atoms with Crippen LogP contribution in [0.1, 0.15) is 52.4 Å². The summed E-state index contributed by atoms with van der Waals surface area (Å²) in [6, 6.07) is 0. The minimum absolute atomic E-state index is 0.121. The lowest BCUT2D eigenvalue weighted by atomic mass is 9.81. The van der Waals surface area contributed by atoms with E-state index in [1.54, 1.807) is 0 Å². The van der Waals surface area contributed by atoms with Crippen LogP contribution in [0.2, 0.25) is 0 Å². The van der Waals surface area contributed by atoms with Crippen LogP contribution in [0.5, 0.6) is 0 Å². The molecular formula is C14H24O4. The van der Waals surface area contributed by atoms with Crippen LogP contribution < -0.4 is 0 Å². The van der Waals surface area contributed by atoms with Crippen molar-refractivity contribution in [1.82, 2.24) is 0 Å². The molecule has 0 bridgehead atoms. The van der Waals surface area contributed by atoms with E-state index in [-0.39, 0.29) is 23.8 Å². The smallest absolute Gasteiger partial charge is 0.308 e. The van der Waals surface area contributed by atoms with Gasteiger partial charge in [-0.1, -0.05) is 20.3 Å². The molecule has 1 aliphatic carbocycles. The van der Waals surface area contributed by atoms with Gasteiger partial charge in [0.1, 0.15) is 0 Å². The summed E-state index contributed by atoms with van der Waals surface area (Å²) < 4.78 is 10.3. The SMILES string of the molecule is CCCOC(=O)C1CCCC(C(=O)OCCC)C1. The molecule has 104 valence electrons. The molecular weight excluding hydrogens is 232 g/mol. The monoisotopic (exact) mass is 256 g/mol. The van der Waals surface area contributed by atoms with Gasteiger partial charge in [0, 0.05) is 0 Å². The normalized spacial score (nSPS) is 23.4. The van der Waals surface area contributed by atoms with E-state index in [9.17, 15) is 9.59 Å². The number of carbonyl (C=O) groups excluding carboxylic acids is 2. The molecule has 0 saturated heterocycles. The first kappa shape index (κ1) is 15.0. The maximum absolute atomic E-state index is 11.8. The molecule has 18 heavy (non-hydrogen) atoms. The highest BCUT2D eigenvalue weighted by molar-refractivity contribution is 5.76. The number of rotatable bonds is 6. The average molecular weight is 256 g/mol. The molecule has 0 aromatic heterocycles. The Hall–Kier alpha value is -1.06. The van der Waals surface area contributed by atoms with Crippen molar-refractivity contribution >= 4 is 11.9 Å². The lowest BCUT2D eigenvalue weighted by Gasteiger charge is -2.26. The standard InChI is InChI=1S/C14H24O4/c1-3-8-17-13(15)11-6-5-7-12(10-11)14(16)18-9-4-2/h11-12H,3-10H2,1-2H3. The summed E-state index contributed by atoms with van der Waals surface area (Å²) in [6.07, 6.45) is 4.82. The zero-order valence-electron chi connectivity index (χ0n) is 11.4. The van der Waals surface area contributed by atoms with Crippen LogP contribution in [0.25, 0.3) is 0 Å². The quantitative estimate of drug-likeness (QED) is 0.686. The highest BCUT2D eigenvalue weighted by Gasteiger charge is 2.32. The van der Waals surface area contributed by atoms with Crippen molar-refractivity contribution < 1.29 is 19.1 Å². The van der Waals surface area contributed by atoms with Gasteiger partial charge >= 0.3 is 11.9 Å². The Bertz CT molecular complexity index is 249. The first-order valence-electron chi connectivity index (χ1n) is 7.02.